The number of carbonyl (C=O) groups is 2. The highest BCUT2D eigenvalue weighted by atomic mass is 16.5. The van der Waals surface area contributed by atoms with Crippen LogP contribution >= 0.6 is 0 Å². The SMILES string of the molecule is CC(C(=O)OCc1ccccc1)N1CCC(=O)CC1. The van der Waals surface area contributed by atoms with Crippen LogP contribution in [0.2, 0.25) is 0 Å². The Morgan fingerprint density at radius 2 is 1.89 bits per heavy atom. The largest absolute Gasteiger partial charge is 0.460 e. The fourth-order valence-corrected chi connectivity index (χ4v) is 2.16. The number of ether oxygens (including phenoxy) is 1. The van der Waals surface area contributed by atoms with Gasteiger partial charge in [-0.05, 0) is 12.5 Å². The number of benzene rings is 1. The summed E-state index contributed by atoms with van der Waals surface area (Å²) in [5.41, 5.74) is 0.983. The molecule has 1 saturated heterocycles. The Labute approximate surface area is 113 Å². The summed E-state index contributed by atoms with van der Waals surface area (Å²) in [7, 11) is 0. The first-order valence-corrected chi connectivity index (χ1v) is 6.63. The smallest absolute Gasteiger partial charge is 0.323 e. The Hall–Kier alpha value is -1.68. The first-order valence-electron chi connectivity index (χ1n) is 6.63. The molecule has 0 radical (unpaired) electrons. The Morgan fingerprint density at radius 1 is 1.26 bits per heavy atom. The average molecular weight is 261 g/mol. The van der Waals surface area contributed by atoms with Gasteiger partial charge in [0.2, 0.25) is 0 Å². The van der Waals surface area contributed by atoms with Crippen molar-refractivity contribution in [3.63, 3.8) is 0 Å². The number of carbonyl (C=O) groups excluding carboxylic acids is 2. The number of piperidine rings is 1. The maximum absolute atomic E-state index is 11.9. The molecule has 1 heterocycles. The van der Waals surface area contributed by atoms with Crippen molar-refractivity contribution in [3.05, 3.63) is 35.9 Å². The van der Waals surface area contributed by atoms with Crippen LogP contribution in [0.25, 0.3) is 0 Å². The maximum Gasteiger partial charge on any atom is 0.323 e. The zero-order valence-corrected chi connectivity index (χ0v) is 11.2. The minimum Gasteiger partial charge on any atom is -0.460 e. The number of likely N-dealkylation sites (tertiary alicyclic amines) is 1. The summed E-state index contributed by atoms with van der Waals surface area (Å²) in [6.07, 6.45) is 1.08. The second-order valence-corrected chi connectivity index (χ2v) is 4.84. The lowest BCUT2D eigenvalue weighted by Gasteiger charge is -2.30. The van der Waals surface area contributed by atoms with Crippen molar-refractivity contribution in [2.75, 3.05) is 13.1 Å². The van der Waals surface area contributed by atoms with E-state index in [9.17, 15) is 9.59 Å². The Bertz CT molecular complexity index is 434. The van der Waals surface area contributed by atoms with E-state index in [1.54, 1.807) is 0 Å². The highest BCUT2D eigenvalue weighted by Gasteiger charge is 2.26. The van der Waals surface area contributed by atoms with E-state index in [4.69, 9.17) is 4.74 Å². The topological polar surface area (TPSA) is 46.6 Å². The number of hydrogen-bond acceptors (Lipinski definition) is 4. The summed E-state index contributed by atoms with van der Waals surface area (Å²) in [5, 5.41) is 0. The molecule has 0 spiro atoms. The molecule has 1 aromatic rings. The van der Waals surface area contributed by atoms with Crippen LogP contribution in [0.1, 0.15) is 25.3 Å². The summed E-state index contributed by atoms with van der Waals surface area (Å²) in [6.45, 7) is 3.45. The van der Waals surface area contributed by atoms with Gasteiger partial charge in [0.25, 0.3) is 0 Å². The number of Topliss-reactive ketones (excluding diaryl/α,β-unsaturated/α-hetero) is 1. The van der Waals surface area contributed by atoms with Gasteiger partial charge in [-0.15, -0.1) is 0 Å². The molecule has 19 heavy (non-hydrogen) atoms. The molecule has 0 N–H and O–H groups in total. The Morgan fingerprint density at radius 3 is 2.53 bits per heavy atom. The third-order valence-electron chi connectivity index (χ3n) is 3.47. The minimum absolute atomic E-state index is 0.224. The maximum atomic E-state index is 11.9. The first kappa shape index (κ1) is 13.7. The van der Waals surface area contributed by atoms with Gasteiger partial charge in [0.05, 0.1) is 0 Å². The summed E-state index contributed by atoms with van der Waals surface area (Å²) < 4.78 is 5.30. The summed E-state index contributed by atoms with van der Waals surface area (Å²) in [5.74, 6) is 0.0549. The molecule has 0 amide bonds. The van der Waals surface area contributed by atoms with Gasteiger partial charge in [-0.1, -0.05) is 30.3 Å². The van der Waals surface area contributed by atoms with Crippen molar-refractivity contribution in [2.45, 2.75) is 32.4 Å². The molecule has 0 bridgehead atoms. The molecule has 1 fully saturated rings. The van der Waals surface area contributed by atoms with E-state index in [2.05, 4.69) is 0 Å². The molecular formula is C15H19NO3. The fraction of sp³-hybridized carbons (Fsp3) is 0.467. The molecular weight excluding hydrogens is 242 g/mol. The molecule has 0 aliphatic carbocycles. The number of esters is 1. The molecule has 1 aromatic carbocycles. The van der Waals surface area contributed by atoms with Gasteiger partial charge in [0.15, 0.2) is 0 Å². The molecule has 4 nitrogen and oxygen atoms in total. The van der Waals surface area contributed by atoms with Gasteiger partial charge in [-0.25, -0.2) is 0 Å². The van der Waals surface area contributed by atoms with Crippen LogP contribution in [0.15, 0.2) is 30.3 Å². The highest BCUT2D eigenvalue weighted by molar-refractivity contribution is 5.80. The molecule has 1 unspecified atom stereocenters. The van der Waals surface area contributed by atoms with Crippen LogP contribution in [0.5, 0.6) is 0 Å². The molecule has 0 saturated carbocycles. The van der Waals surface area contributed by atoms with Gasteiger partial charge < -0.3 is 4.74 Å². The molecule has 102 valence electrons. The van der Waals surface area contributed by atoms with Gasteiger partial charge in [0.1, 0.15) is 18.4 Å². The van der Waals surface area contributed by atoms with Gasteiger partial charge in [-0.3, -0.25) is 14.5 Å². The molecule has 0 aromatic heterocycles. The third-order valence-corrected chi connectivity index (χ3v) is 3.47. The van der Waals surface area contributed by atoms with Crippen molar-refractivity contribution < 1.29 is 14.3 Å². The van der Waals surface area contributed by atoms with Crippen molar-refractivity contribution in [1.29, 1.82) is 0 Å². The predicted molar refractivity (Wildman–Crippen MR) is 71.5 cm³/mol. The van der Waals surface area contributed by atoms with Crippen molar-refractivity contribution in [3.8, 4) is 0 Å². The lowest BCUT2D eigenvalue weighted by atomic mass is 10.1. The van der Waals surface area contributed by atoms with E-state index < -0.39 is 0 Å². The van der Waals surface area contributed by atoms with Gasteiger partial charge in [-0.2, -0.15) is 0 Å². The number of ketones is 1. The van der Waals surface area contributed by atoms with E-state index in [-0.39, 0.29) is 17.8 Å². The summed E-state index contributed by atoms with van der Waals surface area (Å²) in [4.78, 5) is 25.1. The number of hydrogen-bond donors (Lipinski definition) is 0. The van der Waals surface area contributed by atoms with E-state index in [0.717, 1.165) is 5.56 Å². The standard InChI is InChI=1S/C15H19NO3/c1-12(16-9-7-14(17)8-10-16)15(18)19-11-13-5-3-2-4-6-13/h2-6,12H,7-11H2,1H3. The normalized spacial score (nSPS) is 18.1. The van der Waals surface area contributed by atoms with E-state index in [1.165, 1.54) is 0 Å². The second-order valence-electron chi connectivity index (χ2n) is 4.84. The zero-order chi connectivity index (χ0) is 13.7. The minimum atomic E-state index is -0.281. The average Bonchev–Trinajstić information content (AvgIpc) is 2.46. The second kappa shape index (κ2) is 6.48. The fourth-order valence-electron chi connectivity index (χ4n) is 2.16. The quantitative estimate of drug-likeness (QED) is 0.775. The third kappa shape index (κ3) is 3.89. The van der Waals surface area contributed by atoms with E-state index in [1.807, 2.05) is 42.2 Å². The molecule has 1 atom stereocenters. The van der Waals surface area contributed by atoms with Crippen LogP contribution < -0.4 is 0 Å². The number of nitrogens with zero attached hydrogens (tertiary/aromatic N) is 1. The summed E-state index contributed by atoms with van der Waals surface area (Å²) in [6, 6.07) is 9.34. The predicted octanol–water partition coefficient (Wildman–Crippen LogP) is 1.78. The van der Waals surface area contributed by atoms with E-state index >= 15 is 0 Å². The lowest BCUT2D eigenvalue weighted by Crippen LogP contribution is -2.44. The van der Waals surface area contributed by atoms with Crippen LogP contribution in [-0.2, 0) is 20.9 Å². The molecule has 1 aliphatic rings. The monoisotopic (exact) mass is 261 g/mol. The molecule has 4 heteroatoms. The summed E-state index contributed by atoms with van der Waals surface area (Å²) >= 11 is 0. The van der Waals surface area contributed by atoms with Crippen molar-refractivity contribution >= 4 is 11.8 Å². The van der Waals surface area contributed by atoms with Crippen LogP contribution in [0, 0.1) is 0 Å². The molecule has 2 rings (SSSR count). The van der Waals surface area contributed by atoms with Gasteiger partial charge >= 0.3 is 5.97 Å². The molecule has 1 aliphatic heterocycles. The Balaban J connectivity index is 1.81. The van der Waals surface area contributed by atoms with Crippen molar-refractivity contribution in [2.24, 2.45) is 0 Å². The Kier molecular flexibility index (Phi) is 4.68. The highest BCUT2D eigenvalue weighted by Crippen LogP contribution is 2.11. The van der Waals surface area contributed by atoms with Crippen LogP contribution in [0.4, 0.5) is 0 Å². The van der Waals surface area contributed by atoms with E-state index in [0.29, 0.717) is 32.5 Å². The number of rotatable bonds is 4. The van der Waals surface area contributed by atoms with Gasteiger partial charge in [0, 0.05) is 25.9 Å². The van der Waals surface area contributed by atoms with Crippen LogP contribution in [-0.4, -0.2) is 35.8 Å². The van der Waals surface area contributed by atoms with Crippen molar-refractivity contribution in [1.82, 2.24) is 4.90 Å². The van der Waals surface area contributed by atoms with Crippen LogP contribution in [0.3, 0.4) is 0 Å². The first-order chi connectivity index (χ1) is 9.16. The lowest BCUT2D eigenvalue weighted by molar-refractivity contribution is -0.151. The zero-order valence-electron chi connectivity index (χ0n) is 11.2.